The Morgan fingerprint density at radius 2 is 1.57 bits per heavy atom. The molecule has 0 heterocycles. The van der Waals surface area contributed by atoms with Gasteiger partial charge in [0.25, 0.3) is 5.91 Å². The third-order valence-corrected chi connectivity index (χ3v) is 7.04. The van der Waals surface area contributed by atoms with Gasteiger partial charge in [-0.15, -0.1) is 0 Å². The van der Waals surface area contributed by atoms with Gasteiger partial charge < -0.3 is 10.6 Å². The maximum Gasteiger partial charge on any atom is 0.255 e. The van der Waals surface area contributed by atoms with E-state index in [1.54, 1.807) is 26.0 Å². The van der Waals surface area contributed by atoms with E-state index in [9.17, 15) is 18.0 Å². The predicted molar refractivity (Wildman–Crippen MR) is 116 cm³/mol. The van der Waals surface area contributed by atoms with Crippen molar-refractivity contribution in [2.45, 2.75) is 44.0 Å². The van der Waals surface area contributed by atoms with Crippen molar-refractivity contribution in [2.75, 3.05) is 18.4 Å². The van der Waals surface area contributed by atoms with Gasteiger partial charge in [-0.3, -0.25) is 9.59 Å². The summed E-state index contributed by atoms with van der Waals surface area (Å²) in [4.78, 5) is 24.5. The lowest BCUT2D eigenvalue weighted by atomic mass is 10.1. The first-order valence-electron chi connectivity index (χ1n) is 10.1. The van der Waals surface area contributed by atoms with Crippen molar-refractivity contribution < 1.29 is 18.0 Å². The average molecular weight is 430 g/mol. The lowest BCUT2D eigenvalue weighted by Crippen LogP contribution is -2.30. The standard InChI is InChI=1S/C22H27N3O4S/c1-3-25(4-2)30(28,29)20-13-7-17(8-14-20)22(27)24-19-9-5-16(6-10-19)15-21(26)23-18-11-12-18/h5-10,13-14,18H,3-4,11-12,15H2,1-2H3,(H,23,26)(H,24,27). The fraction of sp³-hybridized carbons (Fsp3) is 0.364. The number of carbonyl (C=O) groups is 2. The van der Waals surface area contributed by atoms with Crippen LogP contribution in [-0.2, 0) is 21.2 Å². The minimum atomic E-state index is -3.55. The van der Waals surface area contributed by atoms with Crippen LogP contribution in [0.3, 0.4) is 0 Å². The lowest BCUT2D eigenvalue weighted by molar-refractivity contribution is -0.120. The summed E-state index contributed by atoms with van der Waals surface area (Å²) in [5, 5.41) is 5.73. The Morgan fingerprint density at radius 1 is 0.967 bits per heavy atom. The second-order valence-electron chi connectivity index (χ2n) is 7.28. The van der Waals surface area contributed by atoms with Gasteiger partial charge >= 0.3 is 0 Å². The summed E-state index contributed by atoms with van der Waals surface area (Å²) in [5.41, 5.74) is 1.84. The van der Waals surface area contributed by atoms with Gasteiger partial charge in [0.05, 0.1) is 11.3 Å². The van der Waals surface area contributed by atoms with Crippen LogP contribution in [0.15, 0.2) is 53.4 Å². The molecule has 0 saturated heterocycles. The maximum absolute atomic E-state index is 12.5. The normalized spacial score (nSPS) is 13.8. The van der Waals surface area contributed by atoms with Crippen molar-refractivity contribution in [3.05, 3.63) is 59.7 Å². The van der Waals surface area contributed by atoms with Crippen LogP contribution in [0, 0.1) is 0 Å². The molecule has 1 aliphatic rings. The molecule has 0 unspecified atom stereocenters. The summed E-state index contributed by atoms with van der Waals surface area (Å²) >= 11 is 0. The highest BCUT2D eigenvalue weighted by molar-refractivity contribution is 7.89. The summed E-state index contributed by atoms with van der Waals surface area (Å²) in [6, 6.07) is 13.3. The molecule has 160 valence electrons. The molecule has 1 aliphatic carbocycles. The molecule has 2 aromatic rings. The molecule has 0 radical (unpaired) electrons. The molecule has 2 amide bonds. The number of rotatable bonds is 9. The fourth-order valence-corrected chi connectivity index (χ4v) is 4.55. The molecule has 0 atom stereocenters. The van der Waals surface area contributed by atoms with Gasteiger partial charge in [-0.25, -0.2) is 8.42 Å². The first-order chi connectivity index (χ1) is 14.3. The summed E-state index contributed by atoms with van der Waals surface area (Å²) in [6.45, 7) is 4.35. The van der Waals surface area contributed by atoms with Crippen LogP contribution >= 0.6 is 0 Å². The summed E-state index contributed by atoms with van der Waals surface area (Å²) in [5.74, 6) is -0.324. The minimum absolute atomic E-state index is 0.00837. The second-order valence-corrected chi connectivity index (χ2v) is 9.22. The van der Waals surface area contributed by atoms with Crippen molar-refractivity contribution in [1.29, 1.82) is 0 Å². The Bertz CT molecular complexity index is 994. The van der Waals surface area contributed by atoms with E-state index in [4.69, 9.17) is 0 Å². The van der Waals surface area contributed by atoms with Gasteiger partial charge in [0.2, 0.25) is 15.9 Å². The zero-order valence-corrected chi connectivity index (χ0v) is 18.0. The van der Waals surface area contributed by atoms with Crippen molar-refractivity contribution in [1.82, 2.24) is 9.62 Å². The second kappa shape index (κ2) is 9.40. The van der Waals surface area contributed by atoms with Crippen molar-refractivity contribution >= 4 is 27.5 Å². The molecule has 0 bridgehead atoms. The highest BCUT2D eigenvalue weighted by Crippen LogP contribution is 2.19. The topological polar surface area (TPSA) is 95.6 Å². The van der Waals surface area contributed by atoms with Crippen LogP contribution < -0.4 is 10.6 Å². The zero-order chi connectivity index (χ0) is 21.7. The number of nitrogens with zero attached hydrogens (tertiary/aromatic N) is 1. The molecular formula is C22H27N3O4S. The Morgan fingerprint density at radius 3 is 2.10 bits per heavy atom. The number of carbonyl (C=O) groups excluding carboxylic acids is 2. The maximum atomic E-state index is 12.5. The van der Waals surface area contributed by atoms with Gasteiger partial charge in [-0.2, -0.15) is 4.31 Å². The summed E-state index contributed by atoms with van der Waals surface area (Å²) in [7, 11) is -3.55. The molecule has 30 heavy (non-hydrogen) atoms. The quantitative estimate of drug-likeness (QED) is 0.641. The van der Waals surface area contributed by atoms with E-state index in [1.165, 1.54) is 28.6 Å². The number of amides is 2. The Hall–Kier alpha value is -2.71. The van der Waals surface area contributed by atoms with Crippen LogP contribution in [0.25, 0.3) is 0 Å². The molecule has 0 spiro atoms. The Balaban J connectivity index is 1.61. The molecule has 2 aromatic carbocycles. The zero-order valence-electron chi connectivity index (χ0n) is 17.2. The van der Waals surface area contributed by atoms with Crippen LogP contribution in [0.4, 0.5) is 5.69 Å². The van der Waals surface area contributed by atoms with E-state index in [0.717, 1.165) is 18.4 Å². The van der Waals surface area contributed by atoms with E-state index in [-0.39, 0.29) is 16.7 Å². The molecule has 1 fully saturated rings. The number of anilines is 1. The number of hydrogen-bond donors (Lipinski definition) is 2. The van der Waals surface area contributed by atoms with E-state index < -0.39 is 10.0 Å². The molecule has 0 aromatic heterocycles. The lowest BCUT2D eigenvalue weighted by Gasteiger charge is -2.18. The third-order valence-electron chi connectivity index (χ3n) is 4.98. The van der Waals surface area contributed by atoms with E-state index >= 15 is 0 Å². The van der Waals surface area contributed by atoms with Crippen LogP contribution in [-0.4, -0.2) is 43.7 Å². The van der Waals surface area contributed by atoms with Crippen LogP contribution in [0.5, 0.6) is 0 Å². The van der Waals surface area contributed by atoms with Crippen molar-refractivity contribution in [2.24, 2.45) is 0 Å². The first-order valence-corrected chi connectivity index (χ1v) is 11.6. The van der Waals surface area contributed by atoms with Gasteiger partial charge in [-0.05, 0) is 54.8 Å². The molecule has 3 rings (SSSR count). The molecule has 7 nitrogen and oxygen atoms in total. The smallest absolute Gasteiger partial charge is 0.255 e. The highest BCUT2D eigenvalue weighted by atomic mass is 32.2. The Labute approximate surface area is 177 Å². The summed E-state index contributed by atoms with van der Waals surface area (Å²) < 4.78 is 26.4. The monoisotopic (exact) mass is 429 g/mol. The van der Waals surface area contributed by atoms with Crippen molar-refractivity contribution in [3.63, 3.8) is 0 Å². The predicted octanol–water partition coefficient (Wildman–Crippen LogP) is 2.79. The van der Waals surface area contributed by atoms with E-state index in [2.05, 4.69) is 10.6 Å². The molecule has 0 aliphatic heterocycles. The van der Waals surface area contributed by atoms with Gasteiger partial charge in [0.15, 0.2) is 0 Å². The number of benzene rings is 2. The third kappa shape index (κ3) is 5.46. The molecule has 8 heteroatoms. The van der Waals surface area contributed by atoms with Crippen LogP contribution in [0.1, 0.15) is 42.6 Å². The molecule has 2 N–H and O–H groups in total. The minimum Gasteiger partial charge on any atom is -0.353 e. The number of hydrogen-bond acceptors (Lipinski definition) is 4. The first kappa shape index (κ1) is 22.0. The number of sulfonamides is 1. The average Bonchev–Trinajstić information content (AvgIpc) is 3.54. The fourth-order valence-electron chi connectivity index (χ4n) is 3.09. The van der Waals surface area contributed by atoms with Gasteiger partial charge in [0.1, 0.15) is 0 Å². The van der Waals surface area contributed by atoms with Crippen molar-refractivity contribution in [3.8, 4) is 0 Å². The Kier molecular flexibility index (Phi) is 6.89. The number of nitrogens with one attached hydrogen (secondary N) is 2. The van der Waals surface area contributed by atoms with E-state index in [0.29, 0.717) is 36.8 Å². The van der Waals surface area contributed by atoms with E-state index in [1.807, 2.05) is 12.1 Å². The highest BCUT2D eigenvalue weighted by Gasteiger charge is 2.23. The SMILES string of the molecule is CCN(CC)S(=O)(=O)c1ccc(C(=O)Nc2ccc(CC(=O)NC3CC3)cc2)cc1. The van der Waals surface area contributed by atoms with Gasteiger partial charge in [-0.1, -0.05) is 26.0 Å². The summed E-state index contributed by atoms with van der Waals surface area (Å²) in [6.07, 6.45) is 2.42. The van der Waals surface area contributed by atoms with Gasteiger partial charge in [0, 0.05) is 30.4 Å². The van der Waals surface area contributed by atoms with Crippen LogP contribution in [0.2, 0.25) is 0 Å². The molecule has 1 saturated carbocycles. The largest absolute Gasteiger partial charge is 0.353 e. The molecular weight excluding hydrogens is 402 g/mol.